The van der Waals surface area contributed by atoms with Crippen LogP contribution in [0.25, 0.3) is 0 Å². The van der Waals surface area contributed by atoms with Crippen molar-refractivity contribution in [2.24, 2.45) is 11.7 Å². The minimum atomic E-state index is -0.482. The number of hydrogen-bond acceptors (Lipinski definition) is 3. The Morgan fingerprint density at radius 1 is 1.29 bits per heavy atom. The third kappa shape index (κ3) is 2.80. The van der Waals surface area contributed by atoms with Crippen LogP contribution in [0.3, 0.4) is 0 Å². The van der Waals surface area contributed by atoms with Crippen molar-refractivity contribution in [2.45, 2.75) is 44.1 Å². The van der Waals surface area contributed by atoms with E-state index in [0.717, 1.165) is 32.5 Å². The van der Waals surface area contributed by atoms with Gasteiger partial charge in [-0.25, -0.2) is 0 Å². The molecule has 2 rings (SSSR count). The van der Waals surface area contributed by atoms with Gasteiger partial charge >= 0.3 is 0 Å². The number of nitrogens with one attached hydrogen (secondary N) is 1. The molecule has 0 aromatic rings. The third-order valence-electron chi connectivity index (χ3n) is 4.33. The zero-order valence-corrected chi connectivity index (χ0v) is 10.9. The summed E-state index contributed by atoms with van der Waals surface area (Å²) in [6.07, 6.45) is 7.42. The van der Waals surface area contributed by atoms with Crippen molar-refractivity contribution in [1.82, 2.24) is 10.2 Å². The summed E-state index contributed by atoms with van der Waals surface area (Å²) in [4.78, 5) is 14.2. The lowest BCUT2D eigenvalue weighted by atomic mass is 9.91. The second-order valence-electron chi connectivity index (χ2n) is 5.55. The Hall–Kier alpha value is -0.610. The SMILES string of the molecule is CNC(CN1CCCCCC1)(C(N)=O)C1CC1. The number of amides is 1. The van der Waals surface area contributed by atoms with Crippen LogP contribution in [0.2, 0.25) is 0 Å². The smallest absolute Gasteiger partial charge is 0.239 e. The van der Waals surface area contributed by atoms with Crippen LogP contribution in [0, 0.1) is 5.92 Å². The summed E-state index contributed by atoms with van der Waals surface area (Å²) in [6, 6.07) is 0. The predicted molar refractivity (Wildman–Crippen MR) is 68.6 cm³/mol. The molecule has 0 bridgehead atoms. The molecule has 1 amide bonds. The molecular formula is C13H25N3O. The summed E-state index contributed by atoms with van der Waals surface area (Å²) in [5, 5.41) is 3.23. The molecule has 4 nitrogen and oxygen atoms in total. The summed E-state index contributed by atoms with van der Waals surface area (Å²) < 4.78 is 0. The van der Waals surface area contributed by atoms with Crippen LogP contribution >= 0.6 is 0 Å². The van der Waals surface area contributed by atoms with Crippen molar-refractivity contribution in [3.05, 3.63) is 0 Å². The zero-order valence-electron chi connectivity index (χ0n) is 10.9. The van der Waals surface area contributed by atoms with Crippen molar-refractivity contribution in [3.63, 3.8) is 0 Å². The first-order chi connectivity index (χ1) is 8.19. The predicted octanol–water partition coefficient (Wildman–Crippen LogP) is 0.716. The van der Waals surface area contributed by atoms with Gasteiger partial charge in [0.1, 0.15) is 5.54 Å². The Kier molecular flexibility index (Phi) is 4.05. The van der Waals surface area contributed by atoms with Crippen molar-refractivity contribution < 1.29 is 4.79 Å². The summed E-state index contributed by atoms with van der Waals surface area (Å²) in [5.74, 6) is 0.278. The Morgan fingerprint density at radius 2 is 1.88 bits per heavy atom. The molecule has 4 heteroatoms. The Balaban J connectivity index is 2.02. The Labute approximate surface area is 104 Å². The Morgan fingerprint density at radius 3 is 2.29 bits per heavy atom. The Bertz CT molecular complexity index is 270. The van der Waals surface area contributed by atoms with Crippen LogP contribution in [0.1, 0.15) is 38.5 Å². The van der Waals surface area contributed by atoms with Gasteiger partial charge in [0.05, 0.1) is 0 Å². The van der Waals surface area contributed by atoms with Crippen molar-refractivity contribution in [3.8, 4) is 0 Å². The average Bonchev–Trinajstić information content (AvgIpc) is 3.13. The van der Waals surface area contributed by atoms with Gasteiger partial charge in [-0.1, -0.05) is 12.8 Å². The monoisotopic (exact) mass is 239 g/mol. The van der Waals surface area contributed by atoms with Gasteiger partial charge in [-0.2, -0.15) is 0 Å². The quantitative estimate of drug-likeness (QED) is 0.743. The highest BCUT2D eigenvalue weighted by Crippen LogP contribution is 2.40. The molecule has 1 unspecified atom stereocenters. The largest absolute Gasteiger partial charge is 0.368 e. The summed E-state index contributed by atoms with van der Waals surface area (Å²) in [7, 11) is 1.88. The van der Waals surface area contributed by atoms with E-state index in [-0.39, 0.29) is 5.91 Å². The van der Waals surface area contributed by atoms with Gasteiger partial charge in [-0.15, -0.1) is 0 Å². The van der Waals surface area contributed by atoms with Crippen molar-refractivity contribution in [2.75, 3.05) is 26.7 Å². The number of likely N-dealkylation sites (tertiary alicyclic amines) is 1. The van der Waals surface area contributed by atoms with Crippen LogP contribution in [0.5, 0.6) is 0 Å². The van der Waals surface area contributed by atoms with Gasteiger partial charge in [0, 0.05) is 6.54 Å². The van der Waals surface area contributed by atoms with E-state index in [1.54, 1.807) is 0 Å². The van der Waals surface area contributed by atoms with Gasteiger partial charge in [0.2, 0.25) is 5.91 Å². The number of nitrogens with zero attached hydrogens (tertiary/aromatic N) is 1. The molecule has 2 aliphatic rings. The third-order valence-corrected chi connectivity index (χ3v) is 4.33. The lowest BCUT2D eigenvalue weighted by molar-refractivity contribution is -0.126. The first kappa shape index (κ1) is 12.8. The highest BCUT2D eigenvalue weighted by molar-refractivity contribution is 5.86. The highest BCUT2D eigenvalue weighted by Gasteiger charge is 2.49. The summed E-state index contributed by atoms with van der Waals surface area (Å²) in [6.45, 7) is 3.02. The number of carbonyl (C=O) groups excluding carboxylic acids is 1. The van der Waals surface area contributed by atoms with Crippen molar-refractivity contribution >= 4 is 5.91 Å². The van der Waals surface area contributed by atoms with Crippen LogP contribution in [-0.4, -0.2) is 43.0 Å². The molecule has 1 aliphatic heterocycles. The molecule has 2 fully saturated rings. The molecule has 0 spiro atoms. The number of nitrogens with two attached hydrogens (primary N) is 1. The molecular weight excluding hydrogens is 214 g/mol. The molecule has 17 heavy (non-hydrogen) atoms. The van der Waals surface area contributed by atoms with Gasteiger partial charge < -0.3 is 16.0 Å². The lowest BCUT2D eigenvalue weighted by Gasteiger charge is -2.35. The number of hydrogen-bond donors (Lipinski definition) is 2. The van der Waals surface area contributed by atoms with Crippen LogP contribution in [0.4, 0.5) is 0 Å². The standard InChI is InChI=1S/C13H25N3O/c1-15-13(12(14)17,11-6-7-11)10-16-8-4-2-3-5-9-16/h11,15H,2-10H2,1H3,(H2,14,17). The molecule has 1 saturated heterocycles. The zero-order chi connectivity index (χ0) is 12.3. The molecule has 0 aromatic carbocycles. The molecule has 0 radical (unpaired) electrons. The maximum atomic E-state index is 11.8. The van der Waals surface area contributed by atoms with Gasteiger partial charge in [0.25, 0.3) is 0 Å². The fourth-order valence-electron chi connectivity index (χ4n) is 3.04. The number of rotatable bonds is 5. The molecule has 1 aliphatic carbocycles. The van der Waals surface area contributed by atoms with E-state index < -0.39 is 5.54 Å². The maximum absolute atomic E-state index is 11.8. The van der Waals surface area contributed by atoms with E-state index in [9.17, 15) is 4.79 Å². The molecule has 1 saturated carbocycles. The van der Waals surface area contributed by atoms with E-state index >= 15 is 0 Å². The van der Waals surface area contributed by atoms with E-state index in [2.05, 4.69) is 10.2 Å². The highest BCUT2D eigenvalue weighted by atomic mass is 16.1. The molecule has 98 valence electrons. The van der Waals surface area contributed by atoms with E-state index in [4.69, 9.17) is 5.73 Å². The molecule has 1 heterocycles. The minimum absolute atomic E-state index is 0.174. The second kappa shape index (κ2) is 5.36. The van der Waals surface area contributed by atoms with Crippen molar-refractivity contribution in [1.29, 1.82) is 0 Å². The fraction of sp³-hybridized carbons (Fsp3) is 0.923. The van der Waals surface area contributed by atoms with E-state index in [1.807, 2.05) is 7.05 Å². The molecule has 0 aromatic heterocycles. The molecule has 1 atom stereocenters. The lowest BCUT2D eigenvalue weighted by Crippen LogP contribution is -2.62. The summed E-state index contributed by atoms with van der Waals surface area (Å²) in [5.41, 5.74) is 5.17. The maximum Gasteiger partial charge on any atom is 0.239 e. The van der Waals surface area contributed by atoms with E-state index in [1.165, 1.54) is 25.7 Å². The molecule has 3 N–H and O–H groups in total. The normalized spacial score (nSPS) is 26.2. The fourth-order valence-corrected chi connectivity index (χ4v) is 3.04. The van der Waals surface area contributed by atoms with Gasteiger partial charge in [-0.05, 0) is 51.7 Å². The number of carbonyl (C=O) groups is 1. The second-order valence-corrected chi connectivity index (χ2v) is 5.55. The van der Waals surface area contributed by atoms with Crippen LogP contribution in [0.15, 0.2) is 0 Å². The minimum Gasteiger partial charge on any atom is -0.368 e. The van der Waals surface area contributed by atoms with Crippen LogP contribution in [-0.2, 0) is 4.79 Å². The van der Waals surface area contributed by atoms with E-state index in [0.29, 0.717) is 5.92 Å². The average molecular weight is 239 g/mol. The number of likely N-dealkylation sites (N-methyl/N-ethyl adjacent to an activating group) is 1. The summed E-state index contributed by atoms with van der Waals surface area (Å²) >= 11 is 0. The topological polar surface area (TPSA) is 58.4 Å². The van der Waals surface area contributed by atoms with Gasteiger partial charge in [0.15, 0.2) is 0 Å². The van der Waals surface area contributed by atoms with Gasteiger partial charge in [-0.3, -0.25) is 4.79 Å². The van der Waals surface area contributed by atoms with Crippen LogP contribution < -0.4 is 11.1 Å². The first-order valence-electron chi connectivity index (χ1n) is 6.90. The number of primary amides is 1. The first-order valence-corrected chi connectivity index (χ1v) is 6.90.